The number of fused-ring (bicyclic) bond motifs is 2. The molecular formula is C31H29N7O3. The zero-order valence-electron chi connectivity index (χ0n) is 22.8. The summed E-state index contributed by atoms with van der Waals surface area (Å²) in [5, 5.41) is 6.29. The van der Waals surface area contributed by atoms with Crippen LogP contribution in [0.1, 0.15) is 27.6 Å². The van der Waals surface area contributed by atoms with Crippen molar-refractivity contribution in [3.05, 3.63) is 108 Å². The van der Waals surface area contributed by atoms with E-state index in [1.807, 2.05) is 72.3 Å². The standard InChI is InChI=1S/C31H29N7O3/c1-21-32-27-20-36(17-18-37(27)34-21)19-25-28(30(39)35-38(31(40)41-2)23-13-7-4-8-14-23)24-15-9-10-16-26(24)33-29(25)22-11-5-3-6-12-22/h3-16H,17-20H2,1-2H3,(H,35,39). The third-order valence-corrected chi connectivity index (χ3v) is 7.08. The molecule has 0 radical (unpaired) electrons. The van der Waals surface area contributed by atoms with Gasteiger partial charge in [-0.1, -0.05) is 66.7 Å². The van der Waals surface area contributed by atoms with Gasteiger partial charge in [0.2, 0.25) is 0 Å². The number of hydrazine groups is 1. The van der Waals surface area contributed by atoms with Crippen molar-refractivity contribution in [3.8, 4) is 11.3 Å². The van der Waals surface area contributed by atoms with E-state index in [0.717, 1.165) is 34.3 Å². The van der Waals surface area contributed by atoms with E-state index in [9.17, 15) is 9.59 Å². The molecule has 0 atom stereocenters. The SMILES string of the molecule is COC(=O)N(NC(=O)c1c(CN2CCn3nc(C)nc3C2)c(-c2ccccc2)nc2ccccc12)c1ccccc1. The van der Waals surface area contributed by atoms with E-state index in [1.54, 1.807) is 24.3 Å². The number of nitrogens with zero attached hydrogens (tertiary/aromatic N) is 6. The summed E-state index contributed by atoms with van der Waals surface area (Å²) in [6.07, 6.45) is -0.710. The second kappa shape index (κ2) is 11.2. The van der Waals surface area contributed by atoms with Crippen LogP contribution in [0.5, 0.6) is 0 Å². The monoisotopic (exact) mass is 547 g/mol. The van der Waals surface area contributed by atoms with E-state index >= 15 is 0 Å². The van der Waals surface area contributed by atoms with Crippen LogP contribution in [0.3, 0.4) is 0 Å². The Morgan fingerprint density at radius 2 is 1.63 bits per heavy atom. The highest BCUT2D eigenvalue weighted by Crippen LogP contribution is 2.32. The predicted octanol–water partition coefficient (Wildman–Crippen LogP) is 4.74. The lowest BCUT2D eigenvalue weighted by atomic mass is 9.95. The summed E-state index contributed by atoms with van der Waals surface area (Å²) < 4.78 is 6.94. The first kappa shape index (κ1) is 26.1. The average Bonchev–Trinajstić information content (AvgIpc) is 3.39. The number of aryl methyl sites for hydroxylation is 1. The molecule has 0 fully saturated rings. The first-order chi connectivity index (χ1) is 20.0. The lowest BCUT2D eigenvalue weighted by Crippen LogP contribution is -2.47. The Balaban J connectivity index is 1.48. The number of benzene rings is 3. The number of ether oxygens (including phenoxy) is 1. The van der Waals surface area contributed by atoms with Crippen LogP contribution in [0.4, 0.5) is 10.5 Å². The van der Waals surface area contributed by atoms with Crippen molar-refractivity contribution in [2.75, 3.05) is 18.7 Å². The van der Waals surface area contributed by atoms with E-state index in [4.69, 9.17) is 9.72 Å². The number of nitrogens with one attached hydrogen (secondary N) is 1. The maximum atomic E-state index is 14.3. The van der Waals surface area contributed by atoms with E-state index < -0.39 is 12.0 Å². The van der Waals surface area contributed by atoms with E-state index in [2.05, 4.69) is 20.4 Å². The van der Waals surface area contributed by atoms with Crippen molar-refractivity contribution in [1.29, 1.82) is 0 Å². The largest absolute Gasteiger partial charge is 0.451 e. The van der Waals surface area contributed by atoms with Crippen LogP contribution in [-0.2, 0) is 24.4 Å². The van der Waals surface area contributed by atoms with Crippen LogP contribution < -0.4 is 10.4 Å². The zero-order valence-corrected chi connectivity index (χ0v) is 22.8. The van der Waals surface area contributed by atoms with Gasteiger partial charge >= 0.3 is 6.09 Å². The van der Waals surface area contributed by atoms with Gasteiger partial charge in [0.25, 0.3) is 5.91 Å². The summed E-state index contributed by atoms with van der Waals surface area (Å²) in [6, 6.07) is 26.3. The molecule has 10 heteroatoms. The quantitative estimate of drug-likeness (QED) is 0.317. The molecule has 3 aromatic carbocycles. The van der Waals surface area contributed by atoms with Crippen molar-refractivity contribution in [2.45, 2.75) is 26.6 Å². The second-order valence-corrected chi connectivity index (χ2v) is 9.79. The van der Waals surface area contributed by atoms with Gasteiger partial charge in [0.05, 0.1) is 42.7 Å². The number of amides is 2. The van der Waals surface area contributed by atoms with Crippen molar-refractivity contribution in [1.82, 2.24) is 30.1 Å². The van der Waals surface area contributed by atoms with Crippen molar-refractivity contribution < 1.29 is 14.3 Å². The number of hydrogen-bond acceptors (Lipinski definition) is 7. The number of carbonyl (C=O) groups is 2. The Bertz CT molecular complexity index is 1720. The Morgan fingerprint density at radius 1 is 0.927 bits per heavy atom. The molecule has 0 unspecified atom stereocenters. The number of anilines is 1. The van der Waals surface area contributed by atoms with E-state index in [1.165, 1.54) is 7.11 Å². The lowest BCUT2D eigenvalue weighted by molar-refractivity contribution is 0.0940. The molecular weight excluding hydrogens is 518 g/mol. The molecule has 2 amide bonds. The molecule has 10 nitrogen and oxygen atoms in total. The van der Waals surface area contributed by atoms with Gasteiger partial charge in [0, 0.05) is 29.6 Å². The zero-order chi connectivity index (χ0) is 28.3. The Labute approximate surface area is 237 Å². The summed E-state index contributed by atoms with van der Waals surface area (Å²) in [4.78, 5) is 39.0. The third-order valence-electron chi connectivity index (χ3n) is 7.08. The number of para-hydroxylation sites is 2. The normalized spacial score (nSPS) is 13.0. The highest BCUT2D eigenvalue weighted by Gasteiger charge is 2.28. The molecule has 41 heavy (non-hydrogen) atoms. The number of pyridine rings is 1. The first-order valence-corrected chi connectivity index (χ1v) is 13.4. The fourth-order valence-electron chi connectivity index (χ4n) is 5.21. The third kappa shape index (κ3) is 5.24. The molecule has 1 aliphatic rings. The molecule has 0 bridgehead atoms. The number of aromatic nitrogens is 4. The highest BCUT2D eigenvalue weighted by molar-refractivity contribution is 6.10. The van der Waals surface area contributed by atoms with Gasteiger partial charge in [-0.3, -0.25) is 15.1 Å². The minimum atomic E-state index is -0.710. The summed E-state index contributed by atoms with van der Waals surface area (Å²) >= 11 is 0. The van der Waals surface area contributed by atoms with Crippen LogP contribution in [0.2, 0.25) is 0 Å². The van der Waals surface area contributed by atoms with Crippen LogP contribution in [0, 0.1) is 6.92 Å². The number of rotatable bonds is 5. The molecule has 0 saturated carbocycles. The van der Waals surface area contributed by atoms with Gasteiger partial charge < -0.3 is 4.74 Å². The van der Waals surface area contributed by atoms with Gasteiger partial charge in [-0.25, -0.2) is 19.4 Å². The fraction of sp³-hybridized carbons (Fsp3) is 0.194. The highest BCUT2D eigenvalue weighted by atomic mass is 16.5. The topological polar surface area (TPSA) is 105 Å². The van der Waals surface area contributed by atoms with Gasteiger partial charge in [0.15, 0.2) is 0 Å². The van der Waals surface area contributed by atoms with Crippen LogP contribution in [-0.4, -0.2) is 50.3 Å². The lowest BCUT2D eigenvalue weighted by Gasteiger charge is -2.29. The van der Waals surface area contributed by atoms with Gasteiger partial charge in [-0.2, -0.15) is 10.1 Å². The molecule has 0 aliphatic carbocycles. The molecule has 3 heterocycles. The molecule has 0 saturated heterocycles. The van der Waals surface area contributed by atoms with Crippen molar-refractivity contribution >= 4 is 28.6 Å². The summed E-state index contributed by atoms with van der Waals surface area (Å²) in [7, 11) is 1.28. The summed E-state index contributed by atoms with van der Waals surface area (Å²) in [6.45, 7) is 4.35. The smallest absolute Gasteiger partial charge is 0.433 e. The minimum absolute atomic E-state index is 0.443. The number of hydrogen-bond donors (Lipinski definition) is 1. The Hall–Kier alpha value is -5.09. The molecule has 0 spiro atoms. The van der Waals surface area contributed by atoms with Crippen molar-refractivity contribution in [3.63, 3.8) is 0 Å². The minimum Gasteiger partial charge on any atom is -0.451 e. The summed E-state index contributed by atoms with van der Waals surface area (Å²) in [5.74, 6) is 1.18. The van der Waals surface area contributed by atoms with Gasteiger partial charge in [-0.05, 0) is 25.1 Å². The maximum Gasteiger partial charge on any atom is 0.433 e. The number of carbonyl (C=O) groups excluding carboxylic acids is 2. The molecule has 1 N–H and O–H groups in total. The van der Waals surface area contributed by atoms with E-state index in [-0.39, 0.29) is 0 Å². The molecule has 5 aromatic rings. The fourth-order valence-corrected chi connectivity index (χ4v) is 5.21. The molecule has 1 aliphatic heterocycles. The first-order valence-electron chi connectivity index (χ1n) is 13.4. The van der Waals surface area contributed by atoms with Crippen LogP contribution >= 0.6 is 0 Å². The molecule has 206 valence electrons. The number of methoxy groups -OCH3 is 1. The van der Waals surface area contributed by atoms with Gasteiger partial charge in [0.1, 0.15) is 11.6 Å². The van der Waals surface area contributed by atoms with E-state index in [0.29, 0.717) is 47.5 Å². The van der Waals surface area contributed by atoms with Crippen LogP contribution in [0.15, 0.2) is 84.9 Å². The molecule has 6 rings (SSSR count). The summed E-state index contributed by atoms with van der Waals surface area (Å²) in [5.41, 5.74) is 6.78. The molecule has 2 aromatic heterocycles. The Morgan fingerprint density at radius 3 is 2.39 bits per heavy atom. The predicted molar refractivity (Wildman–Crippen MR) is 155 cm³/mol. The van der Waals surface area contributed by atoms with Crippen LogP contribution in [0.25, 0.3) is 22.2 Å². The van der Waals surface area contributed by atoms with Gasteiger partial charge in [-0.15, -0.1) is 0 Å². The maximum absolute atomic E-state index is 14.3. The van der Waals surface area contributed by atoms with Crippen molar-refractivity contribution in [2.24, 2.45) is 0 Å². The second-order valence-electron chi connectivity index (χ2n) is 9.79. The Kier molecular flexibility index (Phi) is 7.13. The average molecular weight is 548 g/mol.